The molecule has 0 spiro atoms. The van der Waals surface area contributed by atoms with Gasteiger partial charge in [0.2, 0.25) is 0 Å². The molecule has 0 amide bonds. The topological polar surface area (TPSA) is 27.0 Å². The van der Waals surface area contributed by atoms with Crippen molar-refractivity contribution in [1.82, 2.24) is 4.90 Å². The minimum atomic E-state index is -0.275. The highest BCUT2D eigenvalue weighted by Crippen LogP contribution is 2.18. The lowest BCUT2D eigenvalue weighted by Crippen LogP contribution is -2.31. The number of halogens is 1. The molecule has 0 fully saturated rings. The van der Waals surface area contributed by atoms with Crippen molar-refractivity contribution >= 4 is 15.9 Å². The monoisotopic (exact) mass is 294 g/mol. The maximum atomic E-state index is 8.99. The van der Waals surface area contributed by atoms with Crippen LogP contribution in [-0.2, 0) is 6.42 Å². The Balaban J connectivity index is 2.47. The molecule has 1 rings (SSSR count). The van der Waals surface area contributed by atoms with E-state index in [4.69, 9.17) is 5.26 Å². The second kappa shape index (κ2) is 6.18. The Morgan fingerprint density at radius 2 is 2.00 bits per heavy atom. The van der Waals surface area contributed by atoms with Crippen LogP contribution < -0.4 is 0 Å². The summed E-state index contributed by atoms with van der Waals surface area (Å²) < 4.78 is 1.16. The zero-order valence-corrected chi connectivity index (χ0v) is 12.3. The van der Waals surface area contributed by atoms with Crippen LogP contribution in [0.3, 0.4) is 0 Å². The SMILES string of the molecule is CN(CCc1ccccc1Br)CC(C)(C)C#N. The molecule has 0 saturated heterocycles. The van der Waals surface area contributed by atoms with E-state index in [0.29, 0.717) is 0 Å². The van der Waals surface area contributed by atoms with Gasteiger partial charge in [-0.2, -0.15) is 5.26 Å². The lowest BCUT2D eigenvalue weighted by molar-refractivity contribution is 0.258. The van der Waals surface area contributed by atoms with Gasteiger partial charge in [0.15, 0.2) is 0 Å². The third kappa shape index (κ3) is 4.89. The Bertz CT molecular complexity index is 407. The van der Waals surface area contributed by atoms with Crippen LogP contribution in [0.2, 0.25) is 0 Å². The molecule has 0 aliphatic carbocycles. The Hall–Kier alpha value is -0.850. The van der Waals surface area contributed by atoms with Gasteiger partial charge < -0.3 is 4.90 Å². The fourth-order valence-corrected chi connectivity index (χ4v) is 2.28. The summed E-state index contributed by atoms with van der Waals surface area (Å²) in [4.78, 5) is 2.21. The van der Waals surface area contributed by atoms with Crippen molar-refractivity contribution in [2.75, 3.05) is 20.1 Å². The standard InChI is InChI=1S/C14H19BrN2/c1-14(2,10-16)11-17(3)9-8-12-6-4-5-7-13(12)15/h4-7H,8-9,11H2,1-3H3. The fourth-order valence-electron chi connectivity index (χ4n) is 1.80. The first-order valence-corrected chi connectivity index (χ1v) is 6.57. The predicted octanol–water partition coefficient (Wildman–Crippen LogP) is 3.47. The number of rotatable bonds is 5. The van der Waals surface area contributed by atoms with Crippen molar-refractivity contribution in [2.45, 2.75) is 20.3 Å². The largest absolute Gasteiger partial charge is 0.304 e. The third-order valence-electron chi connectivity index (χ3n) is 2.69. The highest BCUT2D eigenvalue weighted by atomic mass is 79.9. The molecule has 3 heteroatoms. The van der Waals surface area contributed by atoms with E-state index in [1.165, 1.54) is 5.56 Å². The van der Waals surface area contributed by atoms with Crippen LogP contribution in [0.4, 0.5) is 0 Å². The summed E-state index contributed by atoms with van der Waals surface area (Å²) in [7, 11) is 2.07. The molecule has 0 N–H and O–H groups in total. The Kier molecular flexibility index (Phi) is 5.17. The summed E-state index contributed by atoms with van der Waals surface area (Å²) in [5, 5.41) is 8.99. The molecule has 0 unspecified atom stereocenters. The molecule has 0 atom stereocenters. The molecule has 0 saturated carbocycles. The summed E-state index contributed by atoms with van der Waals surface area (Å²) in [6.45, 7) is 5.71. The minimum absolute atomic E-state index is 0.275. The predicted molar refractivity (Wildman–Crippen MR) is 74.7 cm³/mol. The molecule has 1 aromatic carbocycles. The number of hydrogen-bond donors (Lipinski definition) is 0. The van der Waals surface area contributed by atoms with Gasteiger partial charge in [-0.25, -0.2) is 0 Å². The van der Waals surface area contributed by atoms with Gasteiger partial charge in [0, 0.05) is 17.6 Å². The van der Waals surface area contributed by atoms with Gasteiger partial charge in [-0.15, -0.1) is 0 Å². The van der Waals surface area contributed by atoms with E-state index < -0.39 is 0 Å². The molecule has 92 valence electrons. The molecule has 17 heavy (non-hydrogen) atoms. The lowest BCUT2D eigenvalue weighted by Gasteiger charge is -2.24. The summed E-state index contributed by atoms with van der Waals surface area (Å²) in [5.41, 5.74) is 1.04. The van der Waals surface area contributed by atoms with E-state index in [-0.39, 0.29) is 5.41 Å². The Morgan fingerprint density at radius 3 is 2.59 bits per heavy atom. The van der Waals surface area contributed by atoms with Gasteiger partial charge in [-0.3, -0.25) is 0 Å². The first-order valence-electron chi connectivity index (χ1n) is 5.78. The number of nitriles is 1. The van der Waals surface area contributed by atoms with Crippen molar-refractivity contribution in [3.8, 4) is 6.07 Å². The van der Waals surface area contributed by atoms with Gasteiger partial charge in [0.05, 0.1) is 11.5 Å². The number of nitrogens with zero attached hydrogens (tertiary/aromatic N) is 2. The van der Waals surface area contributed by atoms with Crippen molar-refractivity contribution in [3.63, 3.8) is 0 Å². The summed E-state index contributed by atoms with van der Waals surface area (Å²) in [5.74, 6) is 0. The zero-order chi connectivity index (χ0) is 12.9. The Morgan fingerprint density at radius 1 is 1.35 bits per heavy atom. The van der Waals surface area contributed by atoms with Crippen LogP contribution in [0.15, 0.2) is 28.7 Å². The maximum absolute atomic E-state index is 8.99. The van der Waals surface area contributed by atoms with E-state index in [9.17, 15) is 0 Å². The first-order chi connectivity index (χ1) is 7.94. The molecular formula is C14H19BrN2. The van der Waals surface area contributed by atoms with Crippen LogP contribution in [-0.4, -0.2) is 25.0 Å². The lowest BCUT2D eigenvalue weighted by atomic mass is 9.95. The van der Waals surface area contributed by atoms with Gasteiger partial charge in [-0.1, -0.05) is 34.1 Å². The quantitative estimate of drug-likeness (QED) is 0.831. The van der Waals surface area contributed by atoms with Crippen molar-refractivity contribution < 1.29 is 0 Å². The van der Waals surface area contributed by atoms with E-state index in [0.717, 1.165) is 24.0 Å². The van der Waals surface area contributed by atoms with E-state index >= 15 is 0 Å². The number of hydrogen-bond acceptors (Lipinski definition) is 2. The summed E-state index contributed by atoms with van der Waals surface area (Å²) in [6, 6.07) is 10.6. The molecule has 0 radical (unpaired) electrons. The third-order valence-corrected chi connectivity index (χ3v) is 3.46. The maximum Gasteiger partial charge on any atom is 0.0697 e. The van der Waals surface area contributed by atoms with Crippen LogP contribution in [0, 0.1) is 16.7 Å². The van der Waals surface area contributed by atoms with Crippen LogP contribution in [0.5, 0.6) is 0 Å². The van der Waals surface area contributed by atoms with Gasteiger partial charge in [0.25, 0.3) is 0 Å². The fraction of sp³-hybridized carbons (Fsp3) is 0.500. The van der Waals surface area contributed by atoms with E-state index in [2.05, 4.69) is 52.1 Å². The van der Waals surface area contributed by atoms with Crippen LogP contribution >= 0.6 is 15.9 Å². The van der Waals surface area contributed by atoms with Crippen molar-refractivity contribution in [3.05, 3.63) is 34.3 Å². The minimum Gasteiger partial charge on any atom is -0.304 e. The normalized spacial score (nSPS) is 11.5. The second-order valence-electron chi connectivity index (χ2n) is 5.07. The first kappa shape index (κ1) is 14.2. The molecule has 0 aliphatic rings. The molecule has 0 aliphatic heterocycles. The molecule has 0 heterocycles. The average Bonchev–Trinajstić information content (AvgIpc) is 2.27. The molecule has 0 aromatic heterocycles. The highest BCUT2D eigenvalue weighted by Gasteiger charge is 2.18. The second-order valence-corrected chi connectivity index (χ2v) is 5.93. The molecular weight excluding hydrogens is 276 g/mol. The Labute approximate surface area is 112 Å². The number of likely N-dealkylation sites (N-methyl/N-ethyl adjacent to an activating group) is 1. The van der Waals surface area contributed by atoms with Gasteiger partial charge in [-0.05, 0) is 38.9 Å². The van der Waals surface area contributed by atoms with Crippen molar-refractivity contribution in [1.29, 1.82) is 5.26 Å². The van der Waals surface area contributed by atoms with E-state index in [1.807, 2.05) is 19.9 Å². The van der Waals surface area contributed by atoms with Gasteiger partial charge >= 0.3 is 0 Å². The van der Waals surface area contributed by atoms with Crippen LogP contribution in [0.25, 0.3) is 0 Å². The van der Waals surface area contributed by atoms with Crippen molar-refractivity contribution in [2.24, 2.45) is 5.41 Å². The molecule has 1 aromatic rings. The van der Waals surface area contributed by atoms with Gasteiger partial charge in [0.1, 0.15) is 0 Å². The average molecular weight is 295 g/mol. The zero-order valence-electron chi connectivity index (χ0n) is 10.7. The molecule has 0 bridgehead atoms. The molecule has 2 nitrogen and oxygen atoms in total. The smallest absolute Gasteiger partial charge is 0.0697 e. The summed E-state index contributed by atoms with van der Waals surface area (Å²) in [6.07, 6.45) is 0.999. The van der Waals surface area contributed by atoms with Crippen LogP contribution in [0.1, 0.15) is 19.4 Å². The highest BCUT2D eigenvalue weighted by molar-refractivity contribution is 9.10. The van der Waals surface area contributed by atoms with E-state index in [1.54, 1.807) is 0 Å². The summed E-state index contributed by atoms with van der Waals surface area (Å²) >= 11 is 3.55. The number of benzene rings is 1.